The summed E-state index contributed by atoms with van der Waals surface area (Å²) in [5, 5.41) is 0.204. The van der Waals surface area contributed by atoms with Gasteiger partial charge in [-0.3, -0.25) is 0 Å². The minimum Gasteiger partial charge on any atom is -0.444 e. The highest BCUT2D eigenvalue weighted by molar-refractivity contribution is 6.74. The summed E-state index contributed by atoms with van der Waals surface area (Å²) in [6.07, 6.45) is 2.73. The predicted molar refractivity (Wildman–Crippen MR) is 92.9 cm³/mol. The quantitative estimate of drug-likeness (QED) is 0.569. The van der Waals surface area contributed by atoms with Gasteiger partial charge in [0.05, 0.1) is 12.6 Å². The van der Waals surface area contributed by atoms with E-state index in [0.29, 0.717) is 6.61 Å². The molecule has 1 atom stereocenters. The average molecular weight is 327 g/mol. The molecule has 0 radical (unpaired) electrons. The number of hydrogen-bond acceptors (Lipinski definition) is 3. The van der Waals surface area contributed by atoms with Gasteiger partial charge in [0.1, 0.15) is 12.4 Å². The number of rotatable bonds is 5. The number of likely N-dealkylation sites (tertiary alicyclic amines) is 1. The molecule has 1 fully saturated rings. The van der Waals surface area contributed by atoms with Crippen molar-refractivity contribution in [2.75, 3.05) is 20.3 Å². The number of amides is 1. The molecular weight excluding hydrogens is 296 g/mol. The zero-order valence-electron chi connectivity index (χ0n) is 14.8. The molecule has 0 aromatic heterocycles. The van der Waals surface area contributed by atoms with E-state index in [1.54, 1.807) is 0 Å². The number of nitrogens with zero attached hydrogens (tertiary/aromatic N) is 2. The first-order valence-electron chi connectivity index (χ1n) is 7.80. The van der Waals surface area contributed by atoms with Crippen molar-refractivity contribution >= 4 is 20.2 Å². The third kappa shape index (κ3) is 4.95. The molecule has 6 heteroatoms. The van der Waals surface area contributed by atoms with E-state index in [2.05, 4.69) is 45.4 Å². The molecule has 1 aliphatic rings. The molecule has 5 nitrogen and oxygen atoms in total. The number of likely N-dealkylation sites (N-methyl/N-ethyl adjacent to an activating group) is 1. The smallest absolute Gasteiger partial charge is 0.435 e. The maximum atomic E-state index is 11.6. The Balaban J connectivity index is 2.58. The maximum absolute atomic E-state index is 11.6. The van der Waals surface area contributed by atoms with Crippen molar-refractivity contribution in [3.05, 3.63) is 12.7 Å². The highest BCUT2D eigenvalue weighted by Gasteiger charge is 2.38. The zero-order chi connectivity index (χ0) is 17.0. The maximum Gasteiger partial charge on any atom is 0.435 e. The van der Waals surface area contributed by atoms with Crippen LogP contribution in [0.1, 0.15) is 33.6 Å². The fourth-order valence-corrected chi connectivity index (χ4v) is 3.04. The molecule has 1 amide bonds. The Hall–Kier alpha value is -1.14. The van der Waals surface area contributed by atoms with Crippen LogP contribution in [0.4, 0.5) is 4.79 Å². The number of aliphatic imine (C=N–C) groups is 1. The number of amidine groups is 1. The van der Waals surface area contributed by atoms with Gasteiger partial charge in [-0.25, -0.2) is 4.79 Å². The van der Waals surface area contributed by atoms with Gasteiger partial charge in [-0.15, -0.1) is 0 Å². The molecule has 126 valence electrons. The standard InChI is InChI=1S/C16H30N2O3Si/c1-8-11-20-15(19)17-14-10-9-13(18(14)5)12-21-22(6,7)16(2,3)4/h8,13H,1,9-12H2,2-7H3/t13-/m0/s1. The summed E-state index contributed by atoms with van der Waals surface area (Å²) in [5.74, 6) is 0.776. The SMILES string of the molecule is C=CCOC(=O)N=C1CC[C@@H](CO[Si](C)(C)C(C)(C)C)N1C. The van der Waals surface area contributed by atoms with Crippen LogP contribution in [0.2, 0.25) is 18.1 Å². The Morgan fingerprint density at radius 1 is 1.50 bits per heavy atom. The van der Waals surface area contributed by atoms with Crippen LogP contribution in [0.15, 0.2) is 17.6 Å². The number of carbonyl (C=O) groups excluding carboxylic acids is 1. The molecule has 0 bridgehead atoms. The second-order valence-corrected chi connectivity index (χ2v) is 12.1. The van der Waals surface area contributed by atoms with Gasteiger partial charge >= 0.3 is 6.09 Å². The minimum absolute atomic E-state index is 0.192. The summed E-state index contributed by atoms with van der Waals surface area (Å²) in [6.45, 7) is 15.6. The highest BCUT2D eigenvalue weighted by Crippen LogP contribution is 2.37. The molecule has 0 aromatic rings. The van der Waals surface area contributed by atoms with Crippen molar-refractivity contribution in [1.29, 1.82) is 0 Å². The Bertz CT molecular complexity index is 441. The largest absolute Gasteiger partial charge is 0.444 e. The van der Waals surface area contributed by atoms with Crippen LogP contribution in [0.3, 0.4) is 0 Å². The molecule has 1 saturated heterocycles. The molecule has 0 unspecified atom stereocenters. The first-order chi connectivity index (χ1) is 10.1. The summed E-state index contributed by atoms with van der Waals surface area (Å²) in [5.41, 5.74) is 0. The van der Waals surface area contributed by atoms with Crippen molar-refractivity contribution in [3.63, 3.8) is 0 Å². The Morgan fingerprint density at radius 2 is 2.14 bits per heavy atom. The summed E-state index contributed by atoms with van der Waals surface area (Å²) >= 11 is 0. The van der Waals surface area contributed by atoms with E-state index in [4.69, 9.17) is 9.16 Å². The Labute approximate surface area is 135 Å². The van der Waals surface area contributed by atoms with E-state index in [0.717, 1.165) is 18.7 Å². The lowest BCUT2D eigenvalue weighted by atomic mass is 10.2. The molecule has 0 spiro atoms. The molecule has 0 aliphatic carbocycles. The minimum atomic E-state index is -1.74. The van der Waals surface area contributed by atoms with Gasteiger partial charge in [0, 0.05) is 13.5 Å². The van der Waals surface area contributed by atoms with Crippen molar-refractivity contribution in [1.82, 2.24) is 4.90 Å². The van der Waals surface area contributed by atoms with Crippen molar-refractivity contribution in [2.45, 2.75) is 57.8 Å². The van der Waals surface area contributed by atoms with Crippen LogP contribution in [0.5, 0.6) is 0 Å². The molecule has 0 saturated carbocycles. The Kier molecular flexibility index (Phi) is 6.37. The van der Waals surface area contributed by atoms with Crippen molar-refractivity contribution in [2.24, 2.45) is 4.99 Å². The van der Waals surface area contributed by atoms with Crippen LogP contribution < -0.4 is 0 Å². The van der Waals surface area contributed by atoms with E-state index in [1.165, 1.54) is 6.08 Å². The van der Waals surface area contributed by atoms with Crippen molar-refractivity contribution < 1.29 is 14.0 Å². The molecule has 1 heterocycles. The zero-order valence-corrected chi connectivity index (χ0v) is 15.8. The lowest BCUT2D eigenvalue weighted by molar-refractivity contribution is 0.169. The van der Waals surface area contributed by atoms with Crippen LogP contribution in [-0.2, 0) is 9.16 Å². The van der Waals surface area contributed by atoms with Gasteiger partial charge in [0.15, 0.2) is 8.32 Å². The summed E-state index contributed by atoms with van der Waals surface area (Å²) in [4.78, 5) is 17.6. The van der Waals surface area contributed by atoms with E-state index < -0.39 is 14.4 Å². The topological polar surface area (TPSA) is 51.1 Å². The number of hydrogen-bond donors (Lipinski definition) is 0. The van der Waals surface area contributed by atoms with Gasteiger partial charge < -0.3 is 14.1 Å². The van der Waals surface area contributed by atoms with Crippen LogP contribution in [0, 0.1) is 0 Å². The first kappa shape index (κ1) is 18.9. The summed E-state index contributed by atoms with van der Waals surface area (Å²) < 4.78 is 11.2. The predicted octanol–water partition coefficient (Wildman–Crippen LogP) is 3.82. The lowest BCUT2D eigenvalue weighted by Crippen LogP contribution is -2.44. The summed E-state index contributed by atoms with van der Waals surface area (Å²) in [6, 6.07) is 0.278. The first-order valence-corrected chi connectivity index (χ1v) is 10.7. The lowest BCUT2D eigenvalue weighted by Gasteiger charge is -2.37. The van der Waals surface area contributed by atoms with Gasteiger partial charge in [0.2, 0.25) is 0 Å². The molecule has 0 N–H and O–H groups in total. The van der Waals surface area contributed by atoms with E-state index in [-0.39, 0.29) is 17.7 Å². The Morgan fingerprint density at radius 3 is 2.68 bits per heavy atom. The second kappa shape index (κ2) is 7.42. The van der Waals surface area contributed by atoms with E-state index in [9.17, 15) is 4.79 Å². The fraction of sp³-hybridized carbons (Fsp3) is 0.750. The fourth-order valence-electron chi connectivity index (χ4n) is 2.00. The normalized spacial score (nSPS) is 21.3. The second-order valence-electron chi connectivity index (χ2n) is 7.27. The van der Waals surface area contributed by atoms with Gasteiger partial charge in [-0.1, -0.05) is 33.4 Å². The van der Waals surface area contributed by atoms with Crippen LogP contribution >= 0.6 is 0 Å². The molecular formula is C16H30N2O3Si. The van der Waals surface area contributed by atoms with Gasteiger partial charge in [-0.05, 0) is 24.6 Å². The van der Waals surface area contributed by atoms with Gasteiger partial charge in [-0.2, -0.15) is 4.99 Å². The molecule has 0 aromatic carbocycles. The molecule has 22 heavy (non-hydrogen) atoms. The van der Waals surface area contributed by atoms with Crippen molar-refractivity contribution in [3.8, 4) is 0 Å². The highest BCUT2D eigenvalue weighted by atomic mass is 28.4. The third-order valence-electron chi connectivity index (χ3n) is 4.64. The van der Waals surface area contributed by atoms with Crippen LogP contribution in [0.25, 0.3) is 0 Å². The molecule has 1 aliphatic heterocycles. The van der Waals surface area contributed by atoms with E-state index in [1.807, 2.05) is 11.9 Å². The van der Waals surface area contributed by atoms with E-state index >= 15 is 0 Å². The number of ether oxygens (including phenoxy) is 1. The van der Waals surface area contributed by atoms with Gasteiger partial charge in [0.25, 0.3) is 0 Å². The summed E-state index contributed by atoms with van der Waals surface area (Å²) in [7, 11) is 0.222. The van der Waals surface area contributed by atoms with Crippen LogP contribution in [-0.4, -0.2) is 51.4 Å². The monoisotopic (exact) mass is 326 g/mol. The molecule has 1 rings (SSSR count). The average Bonchev–Trinajstić information content (AvgIpc) is 2.74. The number of carbonyl (C=O) groups is 1. The third-order valence-corrected chi connectivity index (χ3v) is 9.14.